The van der Waals surface area contributed by atoms with Crippen LogP contribution in [0.1, 0.15) is 40.0 Å². The number of aryl methyl sites for hydroxylation is 3. The minimum atomic E-state index is -0.921. The van der Waals surface area contributed by atoms with Gasteiger partial charge >= 0.3 is 5.97 Å². The zero-order valence-corrected chi connectivity index (χ0v) is 14.1. The Bertz CT molecular complexity index is 932. The Balaban J connectivity index is 1.78. The molecule has 24 heavy (non-hydrogen) atoms. The lowest BCUT2D eigenvalue weighted by Crippen LogP contribution is -2.01. The summed E-state index contributed by atoms with van der Waals surface area (Å²) in [6, 6.07) is 6.74. The van der Waals surface area contributed by atoms with Crippen molar-refractivity contribution in [2.75, 3.05) is 5.32 Å². The first kappa shape index (κ1) is 15.1. The number of hydrogen-bond donors (Lipinski definition) is 2. The minimum absolute atomic E-state index is 0.277. The molecule has 0 saturated carbocycles. The monoisotopic (exact) mass is 339 g/mol. The van der Waals surface area contributed by atoms with Crippen LogP contribution in [0.25, 0.3) is 10.2 Å². The number of carboxylic acids is 1. The van der Waals surface area contributed by atoms with Gasteiger partial charge in [0.2, 0.25) is 0 Å². The van der Waals surface area contributed by atoms with E-state index < -0.39 is 5.97 Å². The summed E-state index contributed by atoms with van der Waals surface area (Å²) in [4.78, 5) is 22.8. The van der Waals surface area contributed by atoms with E-state index in [1.165, 1.54) is 16.9 Å². The first-order valence-corrected chi connectivity index (χ1v) is 8.89. The summed E-state index contributed by atoms with van der Waals surface area (Å²) >= 11 is 1.78. The number of hydrogen-bond acceptors (Lipinski definition) is 5. The lowest BCUT2D eigenvalue weighted by Gasteiger charge is -2.10. The van der Waals surface area contributed by atoms with Crippen LogP contribution in [0.2, 0.25) is 0 Å². The summed E-state index contributed by atoms with van der Waals surface area (Å²) in [7, 11) is 0. The van der Waals surface area contributed by atoms with E-state index in [-0.39, 0.29) is 5.56 Å². The van der Waals surface area contributed by atoms with Crippen molar-refractivity contribution in [2.45, 2.75) is 32.6 Å². The highest BCUT2D eigenvalue weighted by molar-refractivity contribution is 7.19. The number of fused-ring (bicyclic) bond motifs is 3. The van der Waals surface area contributed by atoms with Crippen molar-refractivity contribution < 1.29 is 9.90 Å². The Kier molecular flexibility index (Phi) is 3.69. The number of carboxylic acid groups (broad SMARTS) is 1. The maximum Gasteiger partial charge on any atom is 0.335 e. The van der Waals surface area contributed by atoms with Gasteiger partial charge in [-0.05, 0) is 49.1 Å². The van der Waals surface area contributed by atoms with Crippen LogP contribution in [0, 0.1) is 0 Å². The number of anilines is 2. The highest BCUT2D eigenvalue weighted by Gasteiger charge is 2.22. The highest BCUT2D eigenvalue weighted by Crippen LogP contribution is 2.40. The lowest BCUT2D eigenvalue weighted by atomic mass is 10.1. The molecule has 0 radical (unpaired) electrons. The van der Waals surface area contributed by atoms with Crippen molar-refractivity contribution in [2.24, 2.45) is 0 Å². The van der Waals surface area contributed by atoms with Gasteiger partial charge < -0.3 is 10.4 Å². The Morgan fingerprint density at radius 3 is 2.75 bits per heavy atom. The number of aromatic nitrogens is 2. The van der Waals surface area contributed by atoms with Gasteiger partial charge in [0, 0.05) is 17.0 Å². The molecule has 1 aliphatic rings. The molecule has 0 unspecified atom stereocenters. The van der Waals surface area contributed by atoms with E-state index in [9.17, 15) is 4.79 Å². The van der Waals surface area contributed by atoms with E-state index >= 15 is 0 Å². The third-order valence-corrected chi connectivity index (χ3v) is 5.51. The average Bonchev–Trinajstić information content (AvgIpc) is 3.15. The van der Waals surface area contributed by atoms with E-state index in [1.54, 1.807) is 35.6 Å². The molecule has 2 heterocycles. The fraction of sp³-hybridized carbons (Fsp3) is 0.278. The Morgan fingerprint density at radius 1 is 1.25 bits per heavy atom. The molecular formula is C18H17N3O2S. The lowest BCUT2D eigenvalue weighted by molar-refractivity contribution is 0.0697. The number of aromatic carboxylic acids is 1. The molecule has 0 amide bonds. The van der Waals surface area contributed by atoms with Crippen LogP contribution in [0.15, 0.2) is 24.3 Å². The van der Waals surface area contributed by atoms with Gasteiger partial charge in [0.05, 0.1) is 10.9 Å². The molecule has 0 atom stereocenters. The number of rotatable bonds is 4. The van der Waals surface area contributed by atoms with Crippen LogP contribution in [-0.4, -0.2) is 21.0 Å². The molecule has 0 saturated heterocycles. The van der Waals surface area contributed by atoms with Crippen LogP contribution < -0.4 is 5.32 Å². The van der Waals surface area contributed by atoms with Gasteiger partial charge in [-0.25, -0.2) is 14.8 Å². The summed E-state index contributed by atoms with van der Waals surface area (Å²) in [6.45, 7) is 2.05. The molecule has 0 bridgehead atoms. The normalized spacial score (nSPS) is 13.2. The van der Waals surface area contributed by atoms with Gasteiger partial charge in [-0.2, -0.15) is 0 Å². The highest BCUT2D eigenvalue weighted by atomic mass is 32.1. The van der Waals surface area contributed by atoms with Crippen molar-refractivity contribution in [3.05, 3.63) is 46.1 Å². The Hall–Kier alpha value is -2.47. The van der Waals surface area contributed by atoms with E-state index in [4.69, 9.17) is 10.1 Å². The molecular weight excluding hydrogens is 322 g/mol. The second kappa shape index (κ2) is 5.87. The molecule has 2 N–H and O–H groups in total. The second-order valence-electron chi connectivity index (χ2n) is 5.89. The molecule has 0 aliphatic heterocycles. The number of thiophene rings is 1. The molecule has 2 aromatic heterocycles. The van der Waals surface area contributed by atoms with Crippen LogP contribution in [0.3, 0.4) is 0 Å². The summed E-state index contributed by atoms with van der Waals surface area (Å²) in [5.74, 6) is 0.737. The summed E-state index contributed by atoms with van der Waals surface area (Å²) in [5, 5.41) is 13.5. The number of carbonyl (C=O) groups is 1. The second-order valence-corrected chi connectivity index (χ2v) is 6.97. The predicted octanol–water partition coefficient (Wildman–Crippen LogP) is 4.18. The molecule has 5 nitrogen and oxygen atoms in total. The van der Waals surface area contributed by atoms with Gasteiger partial charge in [0.1, 0.15) is 16.5 Å². The molecule has 0 fully saturated rings. The van der Waals surface area contributed by atoms with E-state index in [0.717, 1.165) is 46.8 Å². The van der Waals surface area contributed by atoms with Gasteiger partial charge in [-0.3, -0.25) is 0 Å². The third kappa shape index (κ3) is 2.53. The van der Waals surface area contributed by atoms with Crippen LogP contribution in [-0.2, 0) is 19.3 Å². The van der Waals surface area contributed by atoms with Crippen molar-refractivity contribution in [3.63, 3.8) is 0 Å². The smallest absolute Gasteiger partial charge is 0.335 e. The molecule has 3 aromatic rings. The van der Waals surface area contributed by atoms with E-state index in [2.05, 4.69) is 10.3 Å². The summed E-state index contributed by atoms with van der Waals surface area (Å²) in [6.07, 6.45) is 4.19. The zero-order chi connectivity index (χ0) is 16.7. The average molecular weight is 339 g/mol. The van der Waals surface area contributed by atoms with Crippen LogP contribution in [0.4, 0.5) is 11.5 Å². The molecule has 4 rings (SSSR count). The van der Waals surface area contributed by atoms with Crippen molar-refractivity contribution in [1.82, 2.24) is 9.97 Å². The fourth-order valence-electron chi connectivity index (χ4n) is 3.12. The fourth-order valence-corrected chi connectivity index (χ4v) is 4.40. The maximum atomic E-state index is 11.0. The molecule has 6 heteroatoms. The van der Waals surface area contributed by atoms with Crippen molar-refractivity contribution >= 4 is 39.0 Å². The van der Waals surface area contributed by atoms with Crippen LogP contribution in [0.5, 0.6) is 0 Å². The van der Waals surface area contributed by atoms with Crippen molar-refractivity contribution in [1.29, 1.82) is 0 Å². The zero-order valence-electron chi connectivity index (χ0n) is 13.3. The molecule has 1 aliphatic carbocycles. The van der Waals surface area contributed by atoms with Crippen molar-refractivity contribution in [3.8, 4) is 0 Å². The third-order valence-electron chi connectivity index (χ3n) is 4.32. The predicted molar refractivity (Wildman–Crippen MR) is 95.5 cm³/mol. The molecule has 0 spiro atoms. The topological polar surface area (TPSA) is 75.1 Å². The van der Waals surface area contributed by atoms with E-state index in [0.29, 0.717) is 0 Å². The first-order chi connectivity index (χ1) is 11.7. The largest absolute Gasteiger partial charge is 0.478 e. The summed E-state index contributed by atoms with van der Waals surface area (Å²) in [5.41, 5.74) is 2.49. The summed E-state index contributed by atoms with van der Waals surface area (Å²) < 4.78 is 0. The van der Waals surface area contributed by atoms with Crippen LogP contribution >= 0.6 is 11.3 Å². The van der Waals surface area contributed by atoms with Gasteiger partial charge in [0.25, 0.3) is 0 Å². The van der Waals surface area contributed by atoms with Gasteiger partial charge in [-0.1, -0.05) is 6.92 Å². The maximum absolute atomic E-state index is 11.0. The van der Waals surface area contributed by atoms with E-state index in [1.807, 2.05) is 6.92 Å². The number of nitrogens with zero attached hydrogens (tertiary/aromatic N) is 2. The molecule has 122 valence electrons. The Labute approximate surface area is 143 Å². The number of benzene rings is 1. The quantitative estimate of drug-likeness (QED) is 0.745. The molecule has 1 aromatic carbocycles. The SMILES string of the molecule is CCc1nc(Nc2ccc(C(=O)O)cc2)c2c3c(sc2n1)CCC3. The van der Waals surface area contributed by atoms with Gasteiger partial charge in [-0.15, -0.1) is 11.3 Å². The standard InChI is InChI=1S/C18H17N3O2S/c1-2-14-20-16(19-11-8-6-10(7-9-11)18(22)23)15-12-4-3-5-13(12)24-17(15)21-14/h6-9H,2-5H2,1H3,(H,22,23)(H,19,20,21). The first-order valence-electron chi connectivity index (χ1n) is 8.07. The Morgan fingerprint density at radius 2 is 2.04 bits per heavy atom. The van der Waals surface area contributed by atoms with Gasteiger partial charge in [0.15, 0.2) is 0 Å². The minimum Gasteiger partial charge on any atom is -0.478 e. The number of nitrogens with one attached hydrogen (secondary N) is 1.